The predicted molar refractivity (Wildman–Crippen MR) is 133 cm³/mol. The lowest BCUT2D eigenvalue weighted by molar-refractivity contribution is -0.129. The number of carbonyl (C=O) groups excluding carboxylic acids is 6. The molecule has 10 heteroatoms. The first-order valence-electron chi connectivity index (χ1n) is 12.5. The zero-order valence-electron chi connectivity index (χ0n) is 22.4. The highest BCUT2D eigenvalue weighted by atomic mass is 16.6. The van der Waals surface area contributed by atoms with Crippen LogP contribution in [0.4, 0.5) is 0 Å². The normalized spacial score (nSPS) is 13.5. The van der Waals surface area contributed by atoms with Gasteiger partial charge in [0.1, 0.15) is 29.2 Å². The van der Waals surface area contributed by atoms with E-state index in [0.717, 1.165) is 0 Å². The van der Waals surface area contributed by atoms with Crippen LogP contribution in [0.15, 0.2) is 0 Å². The second-order valence-electron chi connectivity index (χ2n) is 9.03. The van der Waals surface area contributed by atoms with E-state index in [1.807, 2.05) is 6.92 Å². The van der Waals surface area contributed by atoms with E-state index in [1.165, 1.54) is 27.7 Å². The third kappa shape index (κ3) is 18.0. The van der Waals surface area contributed by atoms with Crippen LogP contribution in [0.1, 0.15) is 79.6 Å². The van der Waals surface area contributed by atoms with E-state index in [1.54, 1.807) is 0 Å². The van der Waals surface area contributed by atoms with Crippen LogP contribution >= 0.6 is 0 Å². The molecule has 0 aliphatic carbocycles. The summed E-state index contributed by atoms with van der Waals surface area (Å²) in [4.78, 5) is 69.9. The molecule has 0 saturated carbocycles. The number of carbonyl (C=O) groups is 6. The van der Waals surface area contributed by atoms with Gasteiger partial charge in [0.25, 0.3) is 0 Å². The van der Waals surface area contributed by atoms with Crippen LogP contribution in [-0.4, -0.2) is 80.0 Å². The second kappa shape index (κ2) is 19.8. The average Bonchev–Trinajstić information content (AvgIpc) is 2.77. The molecule has 1 amide bonds. The Hall–Kier alpha value is -2.30. The molecule has 0 aromatic rings. The fraction of sp³-hybridized carbons (Fsp3) is 0.769. The van der Waals surface area contributed by atoms with Crippen LogP contribution in [0.2, 0.25) is 0 Å². The Bertz CT molecular complexity index is 735. The quantitative estimate of drug-likeness (QED) is 0.203. The van der Waals surface area contributed by atoms with Crippen LogP contribution < -0.4 is 5.32 Å². The van der Waals surface area contributed by atoms with Gasteiger partial charge in [0, 0.05) is 57.8 Å². The minimum absolute atomic E-state index is 0.0185. The number of hydrogen-bond donors (Lipinski definition) is 1. The standard InChI is InChI=1S/C26H43NO9/c1-6-34-16-24(36-12-7-9-23(32)15-22(20(4)30)13-18(2)28)17-35-11-8-10-26(33)27-25(21(5)31)14-19(3)29/h22,24-25H,6-17H2,1-5H3,(H,27,33). The Morgan fingerprint density at radius 2 is 1.33 bits per heavy atom. The molecule has 0 rings (SSSR count). The van der Waals surface area contributed by atoms with Gasteiger partial charge in [-0.3, -0.25) is 24.0 Å². The highest BCUT2D eigenvalue weighted by molar-refractivity contribution is 5.92. The van der Waals surface area contributed by atoms with Crippen molar-refractivity contribution in [3.8, 4) is 0 Å². The SMILES string of the molecule is CCOCC(COCCCC(=O)NC(CC(C)=O)C(C)=O)OCCCC(=O)CC(CC(C)=O)C(C)=O. The maximum Gasteiger partial charge on any atom is 0.220 e. The Labute approximate surface area is 214 Å². The maximum atomic E-state index is 12.2. The smallest absolute Gasteiger partial charge is 0.220 e. The van der Waals surface area contributed by atoms with Gasteiger partial charge in [-0.05, 0) is 47.5 Å². The van der Waals surface area contributed by atoms with Crippen molar-refractivity contribution in [3.05, 3.63) is 0 Å². The zero-order valence-corrected chi connectivity index (χ0v) is 22.4. The van der Waals surface area contributed by atoms with Gasteiger partial charge in [-0.15, -0.1) is 0 Å². The molecule has 0 aliphatic heterocycles. The minimum Gasteiger partial charge on any atom is -0.379 e. The molecule has 0 saturated heterocycles. The van der Waals surface area contributed by atoms with E-state index in [9.17, 15) is 28.8 Å². The van der Waals surface area contributed by atoms with Gasteiger partial charge >= 0.3 is 0 Å². The maximum absolute atomic E-state index is 12.2. The molecule has 206 valence electrons. The van der Waals surface area contributed by atoms with E-state index in [4.69, 9.17) is 14.2 Å². The highest BCUT2D eigenvalue weighted by Crippen LogP contribution is 2.13. The molecule has 0 aromatic heterocycles. The Kier molecular flexibility index (Phi) is 18.6. The molecule has 0 spiro atoms. The number of nitrogens with one attached hydrogen (secondary N) is 1. The second-order valence-corrected chi connectivity index (χ2v) is 9.03. The third-order valence-electron chi connectivity index (χ3n) is 5.36. The number of ketones is 5. The predicted octanol–water partition coefficient (Wildman–Crippen LogP) is 2.18. The van der Waals surface area contributed by atoms with Gasteiger partial charge in [-0.1, -0.05) is 0 Å². The molecule has 0 fully saturated rings. The van der Waals surface area contributed by atoms with E-state index < -0.39 is 12.0 Å². The average molecular weight is 514 g/mol. The molecule has 0 bridgehead atoms. The van der Waals surface area contributed by atoms with Crippen LogP contribution in [0.25, 0.3) is 0 Å². The molecule has 3 unspecified atom stereocenters. The molecule has 0 aromatic carbocycles. The zero-order chi connectivity index (χ0) is 27.5. The van der Waals surface area contributed by atoms with Crippen LogP contribution in [0.5, 0.6) is 0 Å². The van der Waals surface area contributed by atoms with Crippen molar-refractivity contribution in [2.75, 3.05) is 33.0 Å². The van der Waals surface area contributed by atoms with Crippen molar-refractivity contribution in [2.24, 2.45) is 5.92 Å². The fourth-order valence-electron chi connectivity index (χ4n) is 3.40. The molecule has 10 nitrogen and oxygen atoms in total. The van der Waals surface area contributed by atoms with Crippen molar-refractivity contribution in [1.82, 2.24) is 5.32 Å². The molecule has 0 heterocycles. The van der Waals surface area contributed by atoms with E-state index in [-0.39, 0.29) is 79.6 Å². The first-order chi connectivity index (χ1) is 17.0. The molecule has 36 heavy (non-hydrogen) atoms. The van der Waals surface area contributed by atoms with Crippen LogP contribution in [0.3, 0.4) is 0 Å². The lowest BCUT2D eigenvalue weighted by atomic mass is 9.92. The molecule has 3 atom stereocenters. The number of amides is 1. The summed E-state index contributed by atoms with van der Waals surface area (Å²) in [5.41, 5.74) is 0. The number of Topliss-reactive ketones (excluding diaryl/α,β-unsaturated/α-hetero) is 5. The largest absolute Gasteiger partial charge is 0.379 e. The first kappa shape index (κ1) is 33.7. The summed E-state index contributed by atoms with van der Waals surface area (Å²) in [5.74, 6) is -1.65. The first-order valence-corrected chi connectivity index (χ1v) is 12.5. The minimum atomic E-state index is -0.797. The lowest BCUT2D eigenvalue weighted by Gasteiger charge is -2.18. The Balaban J connectivity index is 4.29. The van der Waals surface area contributed by atoms with Gasteiger partial charge in [-0.2, -0.15) is 0 Å². The van der Waals surface area contributed by atoms with Gasteiger partial charge in [0.05, 0.1) is 19.3 Å². The summed E-state index contributed by atoms with van der Waals surface area (Å²) in [6.45, 7) is 9.07. The number of rotatable bonds is 23. The van der Waals surface area contributed by atoms with Gasteiger partial charge in [0.2, 0.25) is 5.91 Å². The highest BCUT2D eigenvalue weighted by Gasteiger charge is 2.21. The summed E-state index contributed by atoms with van der Waals surface area (Å²) in [5, 5.41) is 2.57. The molecular formula is C26H43NO9. The number of hydrogen-bond acceptors (Lipinski definition) is 9. The molecule has 0 aliphatic rings. The van der Waals surface area contributed by atoms with Crippen molar-refractivity contribution < 1.29 is 43.0 Å². The molecule has 0 radical (unpaired) electrons. The monoisotopic (exact) mass is 513 g/mol. The van der Waals surface area contributed by atoms with Crippen molar-refractivity contribution >= 4 is 34.8 Å². The number of ether oxygens (including phenoxy) is 3. The summed E-state index contributed by atoms with van der Waals surface area (Å²) in [6, 6.07) is -0.797. The van der Waals surface area contributed by atoms with Gasteiger partial charge < -0.3 is 24.3 Å². The fourth-order valence-corrected chi connectivity index (χ4v) is 3.40. The Morgan fingerprint density at radius 1 is 0.722 bits per heavy atom. The van der Waals surface area contributed by atoms with E-state index in [2.05, 4.69) is 5.32 Å². The molecule has 1 N–H and O–H groups in total. The van der Waals surface area contributed by atoms with Gasteiger partial charge in [0.15, 0.2) is 5.78 Å². The topological polar surface area (TPSA) is 142 Å². The molecular weight excluding hydrogens is 470 g/mol. The van der Waals surface area contributed by atoms with Crippen molar-refractivity contribution in [1.29, 1.82) is 0 Å². The Morgan fingerprint density at radius 3 is 1.89 bits per heavy atom. The summed E-state index contributed by atoms with van der Waals surface area (Å²) < 4.78 is 16.8. The lowest BCUT2D eigenvalue weighted by Crippen LogP contribution is -2.41. The van der Waals surface area contributed by atoms with Crippen LogP contribution in [-0.2, 0) is 43.0 Å². The van der Waals surface area contributed by atoms with Crippen molar-refractivity contribution in [3.63, 3.8) is 0 Å². The summed E-state index contributed by atoms with van der Waals surface area (Å²) in [6.07, 6.45) is 1.12. The summed E-state index contributed by atoms with van der Waals surface area (Å²) >= 11 is 0. The van der Waals surface area contributed by atoms with E-state index >= 15 is 0 Å². The summed E-state index contributed by atoms with van der Waals surface area (Å²) in [7, 11) is 0. The van der Waals surface area contributed by atoms with Gasteiger partial charge in [-0.25, -0.2) is 0 Å². The van der Waals surface area contributed by atoms with E-state index in [0.29, 0.717) is 39.3 Å². The van der Waals surface area contributed by atoms with Crippen molar-refractivity contribution in [2.45, 2.75) is 91.7 Å². The van der Waals surface area contributed by atoms with Crippen LogP contribution in [0, 0.1) is 5.92 Å². The third-order valence-corrected chi connectivity index (χ3v) is 5.36.